The average Bonchev–Trinajstić information content (AvgIpc) is 3.06. The first-order valence-electron chi connectivity index (χ1n) is 8.72. The lowest BCUT2D eigenvalue weighted by Crippen LogP contribution is -2.32. The van der Waals surface area contributed by atoms with Gasteiger partial charge in [0.25, 0.3) is 0 Å². The number of thiazole rings is 1. The van der Waals surface area contributed by atoms with E-state index in [9.17, 15) is 18.0 Å². The fourth-order valence-electron chi connectivity index (χ4n) is 2.57. The highest BCUT2D eigenvalue weighted by Gasteiger charge is 2.17. The van der Waals surface area contributed by atoms with Crippen molar-refractivity contribution in [1.29, 1.82) is 0 Å². The number of nitrogens with zero attached hydrogens (tertiary/aromatic N) is 1. The Bertz CT molecular complexity index is 1170. The van der Waals surface area contributed by atoms with Crippen LogP contribution in [0.2, 0.25) is 0 Å². The maximum Gasteiger partial charge on any atom is 0.338 e. The minimum Gasteiger partial charge on any atom is -0.462 e. The van der Waals surface area contributed by atoms with E-state index in [2.05, 4.69) is 15.0 Å². The van der Waals surface area contributed by atoms with E-state index in [1.165, 1.54) is 29.5 Å². The number of esters is 1. The Kier molecular flexibility index (Phi) is 6.26. The number of anilines is 1. The van der Waals surface area contributed by atoms with Gasteiger partial charge in [-0.25, -0.2) is 22.9 Å². The molecule has 10 heteroatoms. The van der Waals surface area contributed by atoms with Crippen molar-refractivity contribution in [3.05, 3.63) is 53.0 Å². The third-order valence-corrected chi connectivity index (χ3v) is 6.19. The molecule has 0 saturated carbocycles. The van der Waals surface area contributed by atoms with Crippen molar-refractivity contribution in [2.75, 3.05) is 18.5 Å². The number of hydrogen-bond acceptors (Lipinski definition) is 7. The van der Waals surface area contributed by atoms with Gasteiger partial charge in [-0.2, -0.15) is 0 Å². The number of nitrogens with one attached hydrogen (secondary N) is 2. The molecular weight excluding hydrogens is 414 g/mol. The highest BCUT2D eigenvalue weighted by molar-refractivity contribution is 7.89. The van der Waals surface area contributed by atoms with Crippen molar-refractivity contribution < 1.29 is 22.7 Å². The van der Waals surface area contributed by atoms with Crippen molar-refractivity contribution >= 4 is 49.1 Å². The van der Waals surface area contributed by atoms with Gasteiger partial charge in [0.1, 0.15) is 0 Å². The molecule has 1 amide bonds. The van der Waals surface area contributed by atoms with E-state index >= 15 is 0 Å². The minimum absolute atomic E-state index is 0.0609. The molecule has 0 aliphatic carbocycles. The van der Waals surface area contributed by atoms with Crippen LogP contribution < -0.4 is 10.0 Å². The second kappa shape index (κ2) is 8.68. The zero-order valence-electron chi connectivity index (χ0n) is 15.8. The summed E-state index contributed by atoms with van der Waals surface area (Å²) in [4.78, 5) is 28.3. The van der Waals surface area contributed by atoms with Gasteiger partial charge in [-0.3, -0.25) is 4.79 Å². The van der Waals surface area contributed by atoms with Crippen LogP contribution in [0.15, 0.2) is 47.4 Å². The van der Waals surface area contributed by atoms with Crippen molar-refractivity contribution in [2.24, 2.45) is 0 Å². The fourth-order valence-corrected chi connectivity index (χ4v) is 4.52. The van der Waals surface area contributed by atoms with E-state index in [0.29, 0.717) is 11.3 Å². The standard InChI is InChI=1S/C19H19N3O5S2/c1-3-27-19(24)13-5-4-6-14(9-13)22-18(23)11-20-29(25,26)15-7-8-16-17(10-15)28-12(2)21-16/h4-10,20H,3,11H2,1-2H3,(H,22,23). The van der Waals surface area contributed by atoms with Gasteiger partial charge in [0, 0.05) is 5.69 Å². The summed E-state index contributed by atoms with van der Waals surface area (Å²) >= 11 is 1.40. The molecule has 2 aromatic carbocycles. The Balaban J connectivity index is 1.64. The first kappa shape index (κ1) is 20.9. The lowest BCUT2D eigenvalue weighted by atomic mass is 10.2. The minimum atomic E-state index is -3.86. The molecule has 1 aromatic heterocycles. The van der Waals surface area contributed by atoms with Crippen molar-refractivity contribution in [1.82, 2.24) is 9.71 Å². The van der Waals surface area contributed by atoms with Gasteiger partial charge in [0.15, 0.2) is 0 Å². The molecule has 3 rings (SSSR count). The van der Waals surface area contributed by atoms with Crippen LogP contribution in [0, 0.1) is 6.92 Å². The number of amides is 1. The molecule has 0 bridgehead atoms. The maximum absolute atomic E-state index is 12.5. The van der Waals surface area contributed by atoms with E-state index in [-0.39, 0.29) is 11.5 Å². The van der Waals surface area contributed by atoms with Crippen LogP contribution in [0.4, 0.5) is 5.69 Å². The van der Waals surface area contributed by atoms with Crippen molar-refractivity contribution in [3.63, 3.8) is 0 Å². The number of sulfonamides is 1. The zero-order chi connectivity index (χ0) is 21.0. The van der Waals surface area contributed by atoms with Gasteiger partial charge < -0.3 is 10.1 Å². The van der Waals surface area contributed by atoms with Crippen LogP contribution in [0.3, 0.4) is 0 Å². The second-order valence-electron chi connectivity index (χ2n) is 6.04. The average molecular weight is 434 g/mol. The molecule has 0 aliphatic rings. The first-order valence-corrected chi connectivity index (χ1v) is 11.0. The molecule has 0 atom stereocenters. The molecule has 1 heterocycles. The third-order valence-electron chi connectivity index (χ3n) is 3.86. The molecule has 0 aliphatic heterocycles. The highest BCUT2D eigenvalue weighted by Crippen LogP contribution is 2.24. The number of benzene rings is 2. The second-order valence-corrected chi connectivity index (χ2v) is 9.04. The maximum atomic E-state index is 12.5. The summed E-state index contributed by atoms with van der Waals surface area (Å²) in [6, 6.07) is 10.8. The van der Waals surface area contributed by atoms with E-state index in [0.717, 1.165) is 15.2 Å². The molecule has 0 fully saturated rings. The van der Waals surface area contributed by atoms with Crippen molar-refractivity contribution in [2.45, 2.75) is 18.7 Å². The molecular formula is C19H19N3O5S2. The topological polar surface area (TPSA) is 114 Å². The van der Waals surface area contributed by atoms with E-state index in [1.807, 2.05) is 6.92 Å². The molecule has 0 saturated heterocycles. The molecule has 2 N–H and O–H groups in total. The largest absolute Gasteiger partial charge is 0.462 e. The molecule has 8 nitrogen and oxygen atoms in total. The number of fused-ring (bicyclic) bond motifs is 1. The molecule has 29 heavy (non-hydrogen) atoms. The molecule has 0 radical (unpaired) electrons. The van der Waals surface area contributed by atoms with Crippen LogP contribution >= 0.6 is 11.3 Å². The van der Waals surface area contributed by atoms with Crippen molar-refractivity contribution in [3.8, 4) is 0 Å². The molecule has 152 valence electrons. The van der Waals surface area contributed by atoms with Gasteiger partial charge in [-0.05, 0) is 50.2 Å². The van der Waals surface area contributed by atoms with Gasteiger partial charge >= 0.3 is 5.97 Å². The Morgan fingerprint density at radius 1 is 1.17 bits per heavy atom. The number of carbonyl (C=O) groups is 2. The number of carbonyl (C=O) groups excluding carboxylic acids is 2. The summed E-state index contributed by atoms with van der Waals surface area (Å²) < 4.78 is 32.9. The smallest absolute Gasteiger partial charge is 0.338 e. The van der Waals surface area contributed by atoms with E-state index in [4.69, 9.17) is 4.74 Å². The lowest BCUT2D eigenvalue weighted by Gasteiger charge is -2.09. The first-order chi connectivity index (χ1) is 13.8. The van der Waals surface area contributed by atoms with Gasteiger partial charge in [-0.1, -0.05) is 6.07 Å². The number of ether oxygens (including phenoxy) is 1. The zero-order valence-corrected chi connectivity index (χ0v) is 17.4. The molecule has 0 spiro atoms. The van der Waals surface area contributed by atoms with Gasteiger partial charge in [0.2, 0.25) is 15.9 Å². The Labute approximate surface area is 172 Å². The van der Waals surface area contributed by atoms with Crippen LogP contribution in [0.1, 0.15) is 22.3 Å². The predicted molar refractivity (Wildman–Crippen MR) is 111 cm³/mol. The normalized spacial score (nSPS) is 11.4. The number of aromatic nitrogens is 1. The SMILES string of the molecule is CCOC(=O)c1cccc(NC(=O)CNS(=O)(=O)c2ccc3nc(C)sc3c2)c1. The van der Waals surface area contributed by atoms with Gasteiger partial charge in [0.05, 0.1) is 38.8 Å². The summed E-state index contributed by atoms with van der Waals surface area (Å²) in [6.45, 7) is 3.33. The fraction of sp³-hybridized carbons (Fsp3) is 0.211. The monoisotopic (exact) mass is 433 g/mol. The quantitative estimate of drug-likeness (QED) is 0.554. The Morgan fingerprint density at radius 2 is 1.97 bits per heavy atom. The summed E-state index contributed by atoms with van der Waals surface area (Å²) in [5.74, 6) is -1.07. The summed E-state index contributed by atoms with van der Waals surface area (Å²) in [5.41, 5.74) is 1.38. The van der Waals surface area contributed by atoms with Crippen LogP contribution in [0.25, 0.3) is 10.2 Å². The predicted octanol–water partition coefficient (Wildman–Crippen LogP) is 2.70. The number of rotatable bonds is 7. The summed E-state index contributed by atoms with van der Waals surface area (Å²) in [7, 11) is -3.86. The lowest BCUT2D eigenvalue weighted by molar-refractivity contribution is -0.115. The highest BCUT2D eigenvalue weighted by atomic mass is 32.2. The Hall–Kier alpha value is -2.82. The summed E-state index contributed by atoms with van der Waals surface area (Å²) in [6.07, 6.45) is 0. The summed E-state index contributed by atoms with van der Waals surface area (Å²) in [5, 5.41) is 3.39. The van der Waals surface area contributed by atoms with E-state index in [1.54, 1.807) is 31.2 Å². The van der Waals surface area contributed by atoms with Crippen LogP contribution in [-0.4, -0.2) is 38.4 Å². The number of hydrogen-bond donors (Lipinski definition) is 2. The number of aryl methyl sites for hydroxylation is 1. The van der Waals surface area contributed by atoms with Crippen LogP contribution in [0.5, 0.6) is 0 Å². The van der Waals surface area contributed by atoms with Crippen LogP contribution in [-0.2, 0) is 19.6 Å². The third kappa shape index (κ3) is 5.17. The van der Waals surface area contributed by atoms with E-state index < -0.39 is 28.4 Å². The Morgan fingerprint density at radius 3 is 2.72 bits per heavy atom. The molecule has 3 aromatic rings. The molecule has 0 unspecified atom stereocenters. The van der Waals surface area contributed by atoms with Gasteiger partial charge in [-0.15, -0.1) is 11.3 Å².